The van der Waals surface area contributed by atoms with Crippen LogP contribution in [0.3, 0.4) is 0 Å². The van der Waals surface area contributed by atoms with Gasteiger partial charge in [-0.25, -0.2) is 4.39 Å². The minimum atomic E-state index is -0.274. The van der Waals surface area contributed by atoms with E-state index in [9.17, 15) is 4.39 Å². The summed E-state index contributed by atoms with van der Waals surface area (Å²) in [6.07, 6.45) is 6.23. The van der Waals surface area contributed by atoms with E-state index in [1.165, 1.54) is 6.07 Å². The first kappa shape index (κ1) is 15.2. The van der Waals surface area contributed by atoms with Gasteiger partial charge in [0, 0.05) is 38.1 Å². The van der Waals surface area contributed by atoms with E-state index in [4.69, 9.17) is 9.84 Å². The summed E-state index contributed by atoms with van der Waals surface area (Å²) in [7, 11) is 0. The summed E-state index contributed by atoms with van der Waals surface area (Å²) in [6.45, 7) is 2.50. The quantitative estimate of drug-likeness (QED) is 0.924. The van der Waals surface area contributed by atoms with Crippen molar-refractivity contribution in [2.45, 2.75) is 25.8 Å². The van der Waals surface area contributed by atoms with Crippen LogP contribution in [0.25, 0.3) is 11.1 Å². The zero-order chi connectivity index (χ0) is 15.4. The molecule has 22 heavy (non-hydrogen) atoms. The van der Waals surface area contributed by atoms with Gasteiger partial charge < -0.3 is 9.84 Å². The van der Waals surface area contributed by atoms with Crippen LogP contribution in [-0.4, -0.2) is 34.7 Å². The average Bonchev–Trinajstić information content (AvgIpc) is 2.99. The third kappa shape index (κ3) is 3.54. The number of hydrogen-bond acceptors (Lipinski definition) is 3. The number of benzene rings is 1. The van der Waals surface area contributed by atoms with Crippen molar-refractivity contribution in [3.63, 3.8) is 0 Å². The van der Waals surface area contributed by atoms with Gasteiger partial charge in [0.2, 0.25) is 0 Å². The van der Waals surface area contributed by atoms with Crippen molar-refractivity contribution in [1.82, 2.24) is 9.78 Å². The topological polar surface area (TPSA) is 47.3 Å². The maximum absolute atomic E-state index is 14.0. The highest BCUT2D eigenvalue weighted by Gasteiger charge is 2.15. The van der Waals surface area contributed by atoms with E-state index >= 15 is 0 Å². The van der Waals surface area contributed by atoms with Gasteiger partial charge in [0.1, 0.15) is 5.82 Å². The van der Waals surface area contributed by atoms with Crippen LogP contribution < -0.4 is 0 Å². The van der Waals surface area contributed by atoms with E-state index in [2.05, 4.69) is 5.10 Å². The molecule has 0 bridgehead atoms. The number of halogens is 1. The second kappa shape index (κ2) is 7.03. The second-order valence-electron chi connectivity index (χ2n) is 5.79. The lowest BCUT2D eigenvalue weighted by Gasteiger charge is -2.21. The summed E-state index contributed by atoms with van der Waals surface area (Å²) in [6, 6.07) is 5.13. The zero-order valence-corrected chi connectivity index (χ0v) is 12.5. The van der Waals surface area contributed by atoms with Gasteiger partial charge in [-0.15, -0.1) is 0 Å². The molecular formula is C17H21FN2O2. The van der Waals surface area contributed by atoms with Crippen LogP contribution in [0, 0.1) is 11.7 Å². The third-order valence-electron chi connectivity index (χ3n) is 4.19. The molecule has 0 radical (unpaired) electrons. The van der Waals surface area contributed by atoms with E-state index in [1.807, 2.05) is 16.9 Å². The molecule has 2 heterocycles. The molecule has 3 rings (SSSR count). The number of aliphatic hydroxyl groups is 1. The molecule has 0 amide bonds. The fourth-order valence-corrected chi connectivity index (χ4v) is 2.86. The highest BCUT2D eigenvalue weighted by atomic mass is 19.1. The molecular weight excluding hydrogens is 283 g/mol. The molecule has 1 aliphatic rings. The first-order chi connectivity index (χ1) is 10.8. The van der Waals surface area contributed by atoms with Gasteiger partial charge in [-0.05, 0) is 42.4 Å². The van der Waals surface area contributed by atoms with Crippen LogP contribution in [0.1, 0.15) is 18.4 Å². The Balaban J connectivity index is 1.71. The predicted molar refractivity (Wildman–Crippen MR) is 82.0 cm³/mol. The summed E-state index contributed by atoms with van der Waals surface area (Å²) < 4.78 is 21.3. The van der Waals surface area contributed by atoms with Crippen molar-refractivity contribution in [3.8, 4) is 11.1 Å². The van der Waals surface area contributed by atoms with E-state index in [-0.39, 0.29) is 12.4 Å². The Morgan fingerprint density at radius 1 is 1.27 bits per heavy atom. The smallest absolute Gasteiger partial charge is 0.127 e. The maximum Gasteiger partial charge on any atom is 0.127 e. The second-order valence-corrected chi connectivity index (χ2v) is 5.79. The Hall–Kier alpha value is -1.72. The van der Waals surface area contributed by atoms with Crippen molar-refractivity contribution < 1.29 is 14.2 Å². The standard InChI is InChI=1S/C17H21FN2O2/c18-17-9-15(2-1-14(17)3-6-21)16-10-19-20(12-16)11-13-4-7-22-8-5-13/h1-2,9-10,12-13,21H,3-8,11H2. The van der Waals surface area contributed by atoms with Gasteiger partial charge in [0.25, 0.3) is 0 Å². The van der Waals surface area contributed by atoms with Crippen LogP contribution in [0.15, 0.2) is 30.6 Å². The normalized spacial score (nSPS) is 16.1. The van der Waals surface area contributed by atoms with Gasteiger partial charge >= 0.3 is 0 Å². The molecule has 0 saturated carbocycles. The number of aliphatic hydroxyl groups excluding tert-OH is 1. The lowest BCUT2D eigenvalue weighted by Crippen LogP contribution is -2.20. The average molecular weight is 304 g/mol. The van der Waals surface area contributed by atoms with Crippen LogP contribution in [0.5, 0.6) is 0 Å². The summed E-state index contributed by atoms with van der Waals surface area (Å²) in [5, 5.41) is 13.3. The minimum absolute atomic E-state index is 0.0424. The summed E-state index contributed by atoms with van der Waals surface area (Å²) >= 11 is 0. The Morgan fingerprint density at radius 3 is 2.82 bits per heavy atom. The van der Waals surface area contributed by atoms with Gasteiger partial charge in [-0.1, -0.05) is 12.1 Å². The molecule has 1 N–H and O–H groups in total. The predicted octanol–water partition coefficient (Wildman–Crippen LogP) is 2.65. The van der Waals surface area contributed by atoms with E-state index in [1.54, 1.807) is 12.3 Å². The van der Waals surface area contributed by atoms with Crippen molar-refractivity contribution in [1.29, 1.82) is 0 Å². The lowest BCUT2D eigenvalue weighted by molar-refractivity contribution is 0.0601. The monoisotopic (exact) mass is 304 g/mol. The fourth-order valence-electron chi connectivity index (χ4n) is 2.86. The van der Waals surface area contributed by atoms with Crippen molar-refractivity contribution >= 4 is 0 Å². The maximum atomic E-state index is 14.0. The highest BCUT2D eigenvalue weighted by Crippen LogP contribution is 2.23. The van der Waals surface area contributed by atoms with E-state index in [0.29, 0.717) is 17.9 Å². The largest absolute Gasteiger partial charge is 0.396 e. The third-order valence-corrected chi connectivity index (χ3v) is 4.19. The molecule has 0 atom stereocenters. The number of nitrogens with zero attached hydrogens (tertiary/aromatic N) is 2. The van der Waals surface area contributed by atoms with Crippen molar-refractivity contribution in [2.24, 2.45) is 5.92 Å². The van der Waals surface area contributed by atoms with Gasteiger partial charge in [0.05, 0.1) is 6.20 Å². The van der Waals surface area contributed by atoms with E-state index in [0.717, 1.165) is 43.7 Å². The van der Waals surface area contributed by atoms with Crippen molar-refractivity contribution in [3.05, 3.63) is 42.0 Å². The minimum Gasteiger partial charge on any atom is -0.396 e. The molecule has 0 spiro atoms. The summed E-state index contributed by atoms with van der Waals surface area (Å²) in [4.78, 5) is 0. The first-order valence-corrected chi connectivity index (χ1v) is 7.76. The van der Waals surface area contributed by atoms with Crippen LogP contribution in [0.4, 0.5) is 4.39 Å². The molecule has 1 aliphatic heterocycles. The van der Waals surface area contributed by atoms with E-state index < -0.39 is 0 Å². The molecule has 1 fully saturated rings. The van der Waals surface area contributed by atoms with Crippen LogP contribution >= 0.6 is 0 Å². The van der Waals surface area contributed by atoms with Crippen LogP contribution in [0.2, 0.25) is 0 Å². The Labute approximate surface area is 129 Å². The number of ether oxygens (including phenoxy) is 1. The van der Waals surface area contributed by atoms with Crippen molar-refractivity contribution in [2.75, 3.05) is 19.8 Å². The Bertz CT molecular complexity index is 621. The van der Waals surface area contributed by atoms with Gasteiger partial charge in [-0.2, -0.15) is 5.10 Å². The number of hydrogen-bond donors (Lipinski definition) is 1. The van der Waals surface area contributed by atoms with Crippen LogP contribution in [-0.2, 0) is 17.7 Å². The molecule has 1 aromatic heterocycles. The zero-order valence-electron chi connectivity index (χ0n) is 12.5. The molecule has 0 unspecified atom stereocenters. The number of aromatic nitrogens is 2. The molecule has 4 nitrogen and oxygen atoms in total. The Morgan fingerprint density at radius 2 is 2.09 bits per heavy atom. The fraction of sp³-hybridized carbons (Fsp3) is 0.471. The summed E-state index contributed by atoms with van der Waals surface area (Å²) in [5.41, 5.74) is 2.28. The summed E-state index contributed by atoms with van der Waals surface area (Å²) in [5.74, 6) is 0.328. The molecule has 118 valence electrons. The molecule has 1 aromatic carbocycles. The van der Waals surface area contributed by atoms with Gasteiger partial charge in [-0.3, -0.25) is 4.68 Å². The van der Waals surface area contributed by atoms with Gasteiger partial charge in [0.15, 0.2) is 0 Å². The first-order valence-electron chi connectivity index (χ1n) is 7.76. The molecule has 5 heteroatoms. The molecule has 2 aromatic rings. The number of rotatable bonds is 5. The molecule has 1 saturated heterocycles. The Kier molecular flexibility index (Phi) is 4.85. The SMILES string of the molecule is OCCc1ccc(-c2cnn(CC3CCOCC3)c2)cc1F. The lowest BCUT2D eigenvalue weighted by atomic mass is 10.0. The highest BCUT2D eigenvalue weighted by molar-refractivity contribution is 5.62. The molecule has 0 aliphatic carbocycles.